The van der Waals surface area contributed by atoms with Crippen molar-refractivity contribution in [2.24, 2.45) is 0 Å². The van der Waals surface area contributed by atoms with Crippen LogP contribution in [0.15, 0.2) is 75.3 Å². The molecule has 0 aliphatic heterocycles. The summed E-state index contributed by atoms with van der Waals surface area (Å²) in [6.07, 6.45) is 3.06. The third-order valence-electron chi connectivity index (χ3n) is 4.72. The zero-order chi connectivity index (χ0) is 21.3. The van der Waals surface area contributed by atoms with Crippen molar-refractivity contribution in [3.05, 3.63) is 108 Å². The maximum absolute atomic E-state index is 12.8. The van der Waals surface area contributed by atoms with Gasteiger partial charge in [-0.25, -0.2) is 9.36 Å². The van der Waals surface area contributed by atoms with Crippen LogP contribution in [-0.2, 0) is 0 Å². The lowest BCUT2D eigenvalue weighted by Crippen LogP contribution is -2.33. The minimum Gasteiger partial charge on any atom is -0.295 e. The summed E-state index contributed by atoms with van der Waals surface area (Å²) in [6.45, 7) is 5.69. The third-order valence-corrected chi connectivity index (χ3v) is 4.93. The van der Waals surface area contributed by atoms with Crippen LogP contribution in [0.4, 0.5) is 0 Å². The molecule has 0 fully saturated rings. The molecule has 0 amide bonds. The molecule has 4 rings (SSSR count). The number of H-pyrrole nitrogens is 2. The van der Waals surface area contributed by atoms with E-state index in [1.54, 1.807) is 13.0 Å². The lowest BCUT2D eigenvalue weighted by atomic mass is 10.2. The Morgan fingerprint density at radius 1 is 0.900 bits per heavy atom. The average Bonchev–Trinajstić information content (AvgIpc) is 3.20. The van der Waals surface area contributed by atoms with Crippen LogP contribution in [0.1, 0.15) is 11.3 Å². The molecule has 0 aliphatic carbocycles. The normalized spacial score (nSPS) is 12.5. The van der Waals surface area contributed by atoms with Crippen LogP contribution in [0.3, 0.4) is 0 Å². The van der Waals surface area contributed by atoms with Gasteiger partial charge in [0.15, 0.2) is 0 Å². The van der Waals surface area contributed by atoms with Gasteiger partial charge in [0, 0.05) is 10.7 Å². The maximum Gasteiger partial charge on any atom is 0.279 e. The molecule has 6 nitrogen and oxygen atoms in total. The van der Waals surface area contributed by atoms with Crippen LogP contribution in [0.2, 0.25) is 0 Å². The van der Waals surface area contributed by atoms with Gasteiger partial charge in [-0.3, -0.25) is 19.8 Å². The molecule has 7 heteroatoms. The second-order valence-corrected chi connectivity index (χ2v) is 7.22. The first kappa shape index (κ1) is 19.5. The van der Waals surface area contributed by atoms with E-state index in [9.17, 15) is 9.59 Å². The molecule has 2 aromatic carbocycles. The molecule has 0 aliphatic rings. The summed E-state index contributed by atoms with van der Waals surface area (Å²) in [4.78, 5) is 25.6. The highest BCUT2D eigenvalue weighted by molar-refractivity contribution is 6.36. The van der Waals surface area contributed by atoms with Crippen molar-refractivity contribution in [2.45, 2.75) is 6.92 Å². The minimum absolute atomic E-state index is 0.226. The summed E-state index contributed by atoms with van der Waals surface area (Å²) in [5.41, 5.74) is 2.01. The first-order chi connectivity index (χ1) is 14.5. The highest BCUT2D eigenvalue weighted by atomic mass is 35.5. The first-order valence-corrected chi connectivity index (χ1v) is 9.65. The van der Waals surface area contributed by atoms with Crippen molar-refractivity contribution < 1.29 is 0 Å². The van der Waals surface area contributed by atoms with Crippen molar-refractivity contribution in [3.63, 3.8) is 0 Å². The molecule has 2 aromatic heterocycles. The third kappa shape index (κ3) is 3.60. The summed E-state index contributed by atoms with van der Waals surface area (Å²) >= 11 is 6.40. The van der Waals surface area contributed by atoms with Gasteiger partial charge in [0.1, 0.15) is 0 Å². The molecule has 4 aromatic rings. The number of nitrogens with zero attached hydrogens (tertiary/aromatic N) is 2. The zero-order valence-electron chi connectivity index (χ0n) is 16.2. The van der Waals surface area contributed by atoms with Crippen LogP contribution < -0.4 is 21.7 Å². The Labute approximate surface area is 176 Å². The second kappa shape index (κ2) is 7.93. The van der Waals surface area contributed by atoms with E-state index in [-0.39, 0.29) is 16.2 Å². The fourth-order valence-electron chi connectivity index (χ4n) is 3.21. The number of hydrogen-bond acceptors (Lipinski definition) is 2. The van der Waals surface area contributed by atoms with Crippen LogP contribution in [0, 0.1) is 6.92 Å². The number of hydrogen-bond donors (Lipinski definition) is 2. The monoisotopic (exact) mass is 418 g/mol. The van der Waals surface area contributed by atoms with Crippen LogP contribution >= 0.6 is 11.6 Å². The summed E-state index contributed by atoms with van der Waals surface area (Å²) in [5, 5.41) is 7.01. The van der Waals surface area contributed by atoms with E-state index in [4.69, 9.17) is 11.6 Å². The molecule has 0 atom stereocenters. The molecule has 2 N–H and O–H groups in total. The van der Waals surface area contributed by atoms with Gasteiger partial charge in [-0.05, 0) is 43.3 Å². The van der Waals surface area contributed by atoms with Crippen LogP contribution in [0.5, 0.6) is 0 Å². The van der Waals surface area contributed by atoms with E-state index >= 15 is 0 Å². The molecular weight excluding hydrogens is 400 g/mol. The van der Waals surface area contributed by atoms with Crippen LogP contribution in [0.25, 0.3) is 30.1 Å². The number of allylic oxidation sites excluding steroid dienone is 1. The Morgan fingerprint density at radius 2 is 1.43 bits per heavy atom. The van der Waals surface area contributed by atoms with Crippen molar-refractivity contribution >= 4 is 30.3 Å². The lowest BCUT2D eigenvalue weighted by Gasteiger charge is -1.99. The molecule has 0 bridgehead atoms. The summed E-state index contributed by atoms with van der Waals surface area (Å²) in [5.74, 6) is 0. The van der Waals surface area contributed by atoms with Gasteiger partial charge in [-0.1, -0.05) is 54.6 Å². The molecule has 150 valence electrons. The first-order valence-electron chi connectivity index (χ1n) is 9.27. The van der Waals surface area contributed by atoms with Gasteiger partial charge in [-0.2, -0.15) is 0 Å². The topological polar surface area (TPSA) is 75.6 Å². The average molecular weight is 419 g/mol. The quantitative estimate of drug-likeness (QED) is 0.534. The number of rotatable bonds is 4. The predicted octanol–water partition coefficient (Wildman–Crippen LogP) is 2.42. The maximum atomic E-state index is 12.8. The van der Waals surface area contributed by atoms with E-state index in [0.29, 0.717) is 27.5 Å². The Bertz CT molecular complexity index is 1460. The summed E-state index contributed by atoms with van der Waals surface area (Å²) < 4.78 is 2.86. The van der Waals surface area contributed by atoms with Gasteiger partial charge in [-0.15, -0.1) is 0 Å². The van der Waals surface area contributed by atoms with Crippen LogP contribution in [-0.4, -0.2) is 19.6 Å². The van der Waals surface area contributed by atoms with E-state index in [2.05, 4.69) is 16.8 Å². The number of nitrogens with one attached hydrogen (secondary N) is 2. The number of aromatic nitrogens is 4. The number of aromatic amines is 2. The van der Waals surface area contributed by atoms with Crippen molar-refractivity contribution in [1.29, 1.82) is 0 Å². The Morgan fingerprint density at radius 3 is 2.00 bits per heavy atom. The molecule has 30 heavy (non-hydrogen) atoms. The predicted molar refractivity (Wildman–Crippen MR) is 121 cm³/mol. The largest absolute Gasteiger partial charge is 0.295 e. The fraction of sp³-hybridized carbons (Fsp3) is 0.0435. The molecule has 0 saturated carbocycles. The molecule has 0 radical (unpaired) electrons. The highest BCUT2D eigenvalue weighted by Gasteiger charge is 2.11. The molecule has 0 spiro atoms. The summed E-state index contributed by atoms with van der Waals surface area (Å²) in [7, 11) is 0. The number of benzene rings is 2. The second-order valence-electron chi connectivity index (χ2n) is 6.78. The number of para-hydroxylation sites is 2. The standard InChI is InChI=1S/C23H19ClN4O2/c1-15-20(22(29)27(25-15)18-9-5-3-6-10-18)13-17(24)14-21-16(2)26-28(23(21)30)19-11-7-4-8-12-19/h3-14,25-26H,1H2,2H3. The van der Waals surface area contributed by atoms with E-state index in [0.717, 1.165) is 5.69 Å². The minimum atomic E-state index is -0.273. The SMILES string of the molecule is C=c1[nH]n(-c2ccccc2)c(=O)c1=CC(Cl)=Cc1c(C)[nH]n(-c2ccccc2)c1=O. The van der Waals surface area contributed by atoms with Crippen molar-refractivity contribution in [2.75, 3.05) is 0 Å². The lowest BCUT2D eigenvalue weighted by molar-refractivity contribution is 0.835. The van der Waals surface area contributed by atoms with E-state index < -0.39 is 0 Å². The van der Waals surface area contributed by atoms with Crippen molar-refractivity contribution in [1.82, 2.24) is 19.6 Å². The van der Waals surface area contributed by atoms with Gasteiger partial charge >= 0.3 is 0 Å². The fourth-order valence-corrected chi connectivity index (χ4v) is 3.43. The Hall–Kier alpha value is -3.77. The van der Waals surface area contributed by atoms with Gasteiger partial charge in [0.25, 0.3) is 11.1 Å². The molecule has 2 heterocycles. The Kier molecular flexibility index (Phi) is 5.16. The van der Waals surface area contributed by atoms with E-state index in [1.807, 2.05) is 60.7 Å². The molecular formula is C23H19ClN4O2. The van der Waals surface area contributed by atoms with Gasteiger partial charge in [0.05, 0.1) is 27.5 Å². The summed E-state index contributed by atoms with van der Waals surface area (Å²) in [6, 6.07) is 18.4. The van der Waals surface area contributed by atoms with Crippen molar-refractivity contribution in [3.8, 4) is 11.4 Å². The molecule has 0 saturated heterocycles. The van der Waals surface area contributed by atoms with Gasteiger partial charge in [0.2, 0.25) is 0 Å². The Balaban J connectivity index is 1.78. The van der Waals surface area contributed by atoms with E-state index in [1.165, 1.54) is 15.4 Å². The highest BCUT2D eigenvalue weighted by Crippen LogP contribution is 2.13. The number of aryl methyl sites for hydroxylation is 1. The van der Waals surface area contributed by atoms with Gasteiger partial charge < -0.3 is 0 Å². The molecule has 0 unspecified atom stereocenters. The zero-order valence-corrected chi connectivity index (χ0v) is 17.0. The smallest absolute Gasteiger partial charge is 0.279 e. The number of halogens is 1.